The van der Waals surface area contributed by atoms with E-state index in [0.717, 1.165) is 11.3 Å². The summed E-state index contributed by atoms with van der Waals surface area (Å²) in [6, 6.07) is 12.0. The first-order valence-electron chi connectivity index (χ1n) is 9.77. The lowest BCUT2D eigenvalue weighted by Crippen LogP contribution is -2.43. The molecule has 0 spiro atoms. The number of nitrogens with zero attached hydrogens (tertiary/aromatic N) is 4. The predicted molar refractivity (Wildman–Crippen MR) is 126 cm³/mol. The van der Waals surface area contributed by atoms with Crippen molar-refractivity contribution in [3.8, 4) is 5.75 Å². The zero-order valence-corrected chi connectivity index (χ0v) is 18.7. The van der Waals surface area contributed by atoms with Gasteiger partial charge in [0.15, 0.2) is 11.5 Å². The van der Waals surface area contributed by atoms with Crippen molar-refractivity contribution in [2.75, 3.05) is 30.6 Å². The maximum atomic E-state index is 13.1. The molecule has 4 aromatic rings. The van der Waals surface area contributed by atoms with Crippen LogP contribution in [0.1, 0.15) is 5.56 Å². The number of aromatic nitrogens is 4. The molecule has 0 bridgehead atoms. The largest absolute Gasteiger partial charge is 0.508 e. The summed E-state index contributed by atoms with van der Waals surface area (Å²) in [5.74, 6) is 0.675. The highest BCUT2D eigenvalue weighted by Crippen LogP contribution is 2.36. The van der Waals surface area contributed by atoms with Gasteiger partial charge in [0, 0.05) is 26.9 Å². The summed E-state index contributed by atoms with van der Waals surface area (Å²) < 4.78 is 26.3. The van der Waals surface area contributed by atoms with Gasteiger partial charge in [-0.2, -0.15) is 4.21 Å². The molecular weight excluding hydrogens is 430 g/mol. The van der Waals surface area contributed by atoms with Gasteiger partial charge in [0.2, 0.25) is 0 Å². The molecule has 0 unspecified atom stereocenters. The molecule has 0 aliphatic rings. The number of fused-ring (bicyclic) bond motifs is 1. The lowest BCUT2D eigenvalue weighted by molar-refractivity contribution is 0.474. The zero-order chi connectivity index (χ0) is 23.0. The number of hydrogen-bond acceptors (Lipinski definition) is 7. The maximum absolute atomic E-state index is 13.1. The van der Waals surface area contributed by atoms with Crippen molar-refractivity contribution in [1.29, 1.82) is 0 Å². The first-order valence-corrected chi connectivity index (χ1v) is 12.1. The topological polar surface area (TPSA) is 139 Å². The number of benzene rings is 2. The standard InChI is InChI=1S/C21H25N7O3S/c1-22-32(3,30,31)16-7-8-18(28(2)11-14-5-4-6-15(29)9-14)17(10-16)27-21-19-20(24-12-23-19)25-13-26-21/h4-10,12-13,29H,11H2,1-3H3,(H2,22,30,31)(H2,23,24,25,26,27). The van der Waals surface area contributed by atoms with Gasteiger partial charge in [0.25, 0.3) is 0 Å². The first-order chi connectivity index (χ1) is 15.1. The summed E-state index contributed by atoms with van der Waals surface area (Å²) in [5, 5.41) is 13.0. The molecule has 0 aliphatic heterocycles. The van der Waals surface area contributed by atoms with Gasteiger partial charge in [-0.15, -0.1) is 9.53 Å². The Morgan fingerprint density at radius 2 is 1.97 bits per heavy atom. The number of aromatic hydroxyl groups is 1. The fourth-order valence-corrected chi connectivity index (χ4v) is 4.39. The van der Waals surface area contributed by atoms with Crippen LogP contribution >= 0.6 is 0 Å². The number of aromatic amines is 1. The van der Waals surface area contributed by atoms with Crippen LogP contribution in [0.15, 0.2) is 60.0 Å². The minimum absolute atomic E-state index is 0.190. The second-order valence-corrected chi connectivity index (χ2v) is 11.1. The molecule has 32 heavy (non-hydrogen) atoms. The Morgan fingerprint density at radius 3 is 2.72 bits per heavy atom. The lowest BCUT2D eigenvalue weighted by atomic mass is 10.2. The van der Waals surface area contributed by atoms with Crippen LogP contribution < -0.4 is 14.9 Å². The van der Waals surface area contributed by atoms with Crippen molar-refractivity contribution in [2.24, 2.45) is 0 Å². The minimum atomic E-state index is -4.23. The van der Waals surface area contributed by atoms with Gasteiger partial charge in [-0.05, 0) is 35.9 Å². The first kappa shape index (κ1) is 21.7. The van der Waals surface area contributed by atoms with E-state index in [1.54, 1.807) is 36.4 Å². The molecule has 0 fully saturated rings. The van der Waals surface area contributed by atoms with Crippen LogP contribution in [0, 0.1) is 0 Å². The van der Waals surface area contributed by atoms with Gasteiger partial charge < -0.3 is 20.3 Å². The Balaban J connectivity index is 1.78. The molecule has 0 atom stereocenters. The fraction of sp³-hybridized carbons (Fsp3) is 0.190. The molecule has 0 radical (unpaired) electrons. The number of rotatable bonds is 7. The zero-order valence-electron chi connectivity index (χ0n) is 17.9. The fourth-order valence-electron chi connectivity index (χ4n) is 3.37. The predicted octanol–water partition coefficient (Wildman–Crippen LogP) is 2.85. The Hall–Kier alpha value is -3.54. The van der Waals surface area contributed by atoms with E-state index >= 15 is 0 Å². The summed E-state index contributed by atoms with van der Waals surface area (Å²) in [4.78, 5) is 17.8. The third-order valence-corrected chi connectivity index (χ3v) is 7.55. The maximum Gasteiger partial charge on any atom is 0.182 e. The monoisotopic (exact) mass is 455 g/mol. The van der Waals surface area contributed by atoms with E-state index in [1.165, 1.54) is 26.0 Å². The van der Waals surface area contributed by atoms with E-state index < -0.39 is 9.53 Å². The Morgan fingerprint density at radius 1 is 1.16 bits per heavy atom. The van der Waals surface area contributed by atoms with Crippen molar-refractivity contribution < 1.29 is 13.9 Å². The van der Waals surface area contributed by atoms with Gasteiger partial charge >= 0.3 is 0 Å². The average molecular weight is 456 g/mol. The quantitative estimate of drug-likeness (QED) is 0.287. The van der Waals surface area contributed by atoms with Gasteiger partial charge in [0.1, 0.15) is 17.6 Å². The van der Waals surface area contributed by atoms with E-state index in [2.05, 4.69) is 30.0 Å². The lowest BCUT2D eigenvalue weighted by Gasteiger charge is -2.39. The molecule has 2 aromatic carbocycles. The van der Waals surface area contributed by atoms with Gasteiger partial charge in [-0.3, -0.25) is 4.55 Å². The normalized spacial score (nSPS) is 12.9. The third kappa shape index (κ3) is 4.26. The van der Waals surface area contributed by atoms with Crippen LogP contribution in [0.4, 0.5) is 17.2 Å². The summed E-state index contributed by atoms with van der Waals surface area (Å²) >= 11 is 0. The second kappa shape index (κ2) is 7.86. The number of H-pyrrole nitrogens is 1. The van der Waals surface area contributed by atoms with Crippen molar-refractivity contribution in [1.82, 2.24) is 24.7 Å². The molecule has 2 aromatic heterocycles. The highest BCUT2D eigenvalue weighted by atomic mass is 32.3. The summed E-state index contributed by atoms with van der Waals surface area (Å²) in [5.41, 5.74) is 3.37. The van der Waals surface area contributed by atoms with E-state index in [9.17, 15) is 13.9 Å². The Bertz CT molecular complexity index is 1350. The molecule has 5 N–H and O–H groups in total. The second-order valence-electron chi connectivity index (χ2n) is 7.64. The van der Waals surface area contributed by atoms with E-state index in [-0.39, 0.29) is 10.6 Å². The SMILES string of the molecule is CNS(C)(=O)(O)c1ccc(N(C)Cc2cccc(O)c2)c(Nc2ncnc3nc[nH]c23)c1. The molecular formula is C21H25N7O3S. The summed E-state index contributed by atoms with van der Waals surface area (Å²) in [6.45, 7) is 0.502. The number of anilines is 3. The number of hydrogen-bond donors (Lipinski definition) is 5. The van der Waals surface area contributed by atoms with Crippen LogP contribution in [-0.4, -0.2) is 54.2 Å². The molecule has 0 amide bonds. The van der Waals surface area contributed by atoms with Crippen LogP contribution in [0.3, 0.4) is 0 Å². The Labute approximate surface area is 185 Å². The van der Waals surface area contributed by atoms with Crippen molar-refractivity contribution in [2.45, 2.75) is 11.4 Å². The van der Waals surface area contributed by atoms with Crippen LogP contribution in [0.25, 0.3) is 11.2 Å². The average Bonchev–Trinajstić information content (AvgIpc) is 3.23. The molecule has 11 heteroatoms. The highest BCUT2D eigenvalue weighted by molar-refractivity contribution is 8.12. The summed E-state index contributed by atoms with van der Waals surface area (Å²) in [6.07, 6.45) is 4.20. The van der Waals surface area contributed by atoms with E-state index in [0.29, 0.717) is 29.2 Å². The third-order valence-electron chi connectivity index (χ3n) is 5.22. The highest BCUT2D eigenvalue weighted by Gasteiger charge is 2.24. The Kier molecular flexibility index (Phi) is 5.33. The number of nitrogens with one attached hydrogen (secondary N) is 3. The number of phenols is 1. The van der Waals surface area contributed by atoms with Crippen molar-refractivity contribution >= 4 is 37.9 Å². The van der Waals surface area contributed by atoms with E-state index in [4.69, 9.17) is 0 Å². The van der Waals surface area contributed by atoms with Crippen LogP contribution in [0.2, 0.25) is 0 Å². The molecule has 2 heterocycles. The van der Waals surface area contributed by atoms with Gasteiger partial charge in [-0.1, -0.05) is 12.1 Å². The van der Waals surface area contributed by atoms with Gasteiger partial charge in [0.05, 0.1) is 22.6 Å². The summed E-state index contributed by atoms with van der Waals surface area (Å²) in [7, 11) is -0.889. The molecule has 0 saturated carbocycles. The van der Waals surface area contributed by atoms with Crippen LogP contribution in [0.5, 0.6) is 5.75 Å². The molecule has 168 valence electrons. The van der Waals surface area contributed by atoms with Crippen molar-refractivity contribution in [3.05, 3.63) is 60.7 Å². The number of phenolic OH excluding ortho intramolecular Hbond substituents is 1. The smallest absolute Gasteiger partial charge is 0.182 e. The van der Waals surface area contributed by atoms with E-state index in [1.807, 2.05) is 18.0 Å². The minimum Gasteiger partial charge on any atom is -0.508 e. The molecule has 0 saturated heterocycles. The molecule has 10 nitrogen and oxygen atoms in total. The van der Waals surface area contributed by atoms with Gasteiger partial charge in [-0.25, -0.2) is 19.7 Å². The van der Waals surface area contributed by atoms with Crippen molar-refractivity contribution in [3.63, 3.8) is 0 Å². The van der Waals surface area contributed by atoms with Crippen LogP contribution in [-0.2, 0) is 16.1 Å². The molecule has 0 aliphatic carbocycles. The number of imidazole rings is 1. The molecule has 4 rings (SSSR count).